The van der Waals surface area contributed by atoms with Gasteiger partial charge >= 0.3 is 0 Å². The molecule has 110 valence electrons. The molecule has 2 fully saturated rings. The molecule has 0 aromatic heterocycles. The molecule has 1 saturated heterocycles. The molecule has 0 aromatic rings. The Balaban J connectivity index is 1.55. The monoisotopic (exact) mass is 268 g/mol. The van der Waals surface area contributed by atoms with Crippen LogP contribution in [0.2, 0.25) is 0 Å². The highest BCUT2D eigenvalue weighted by atomic mass is 16.5. The van der Waals surface area contributed by atoms with Crippen molar-refractivity contribution in [3.05, 3.63) is 0 Å². The zero-order valence-electron chi connectivity index (χ0n) is 12.4. The van der Waals surface area contributed by atoms with E-state index in [1.807, 2.05) is 6.92 Å². The molecule has 1 amide bonds. The summed E-state index contributed by atoms with van der Waals surface area (Å²) in [4.78, 5) is 14.4. The van der Waals surface area contributed by atoms with Crippen LogP contribution < -0.4 is 5.32 Å². The maximum absolute atomic E-state index is 11.9. The third-order valence-electron chi connectivity index (χ3n) is 4.04. The Labute approximate surface area is 116 Å². The third-order valence-corrected chi connectivity index (χ3v) is 4.04. The van der Waals surface area contributed by atoms with E-state index in [-0.39, 0.29) is 12.0 Å². The van der Waals surface area contributed by atoms with Gasteiger partial charge in [-0.3, -0.25) is 4.79 Å². The molecule has 1 heterocycles. The van der Waals surface area contributed by atoms with Gasteiger partial charge in [0.05, 0.1) is 6.61 Å². The van der Waals surface area contributed by atoms with Gasteiger partial charge in [-0.05, 0) is 57.5 Å². The second kappa shape index (κ2) is 7.25. The largest absolute Gasteiger partial charge is 0.368 e. The summed E-state index contributed by atoms with van der Waals surface area (Å²) >= 11 is 0. The van der Waals surface area contributed by atoms with Crippen LogP contribution in [0.4, 0.5) is 0 Å². The van der Waals surface area contributed by atoms with Gasteiger partial charge in [-0.1, -0.05) is 6.92 Å². The highest BCUT2D eigenvalue weighted by Gasteiger charge is 2.24. The summed E-state index contributed by atoms with van der Waals surface area (Å²) in [5.74, 6) is 1.26. The van der Waals surface area contributed by atoms with E-state index >= 15 is 0 Å². The molecular formula is C15H28N2O2. The van der Waals surface area contributed by atoms with E-state index < -0.39 is 0 Å². The number of nitrogens with one attached hydrogen (secondary N) is 1. The second-order valence-electron chi connectivity index (χ2n) is 6.28. The molecule has 0 radical (unpaired) electrons. The minimum atomic E-state index is -0.306. The smallest absolute Gasteiger partial charge is 0.248 e. The second-order valence-corrected chi connectivity index (χ2v) is 6.28. The zero-order valence-corrected chi connectivity index (χ0v) is 12.4. The topological polar surface area (TPSA) is 41.6 Å². The van der Waals surface area contributed by atoms with E-state index in [0.717, 1.165) is 19.7 Å². The lowest BCUT2D eigenvalue weighted by Gasteiger charge is -2.21. The lowest BCUT2D eigenvalue weighted by Crippen LogP contribution is -2.39. The molecule has 4 nitrogen and oxygen atoms in total. The van der Waals surface area contributed by atoms with Gasteiger partial charge in [0.2, 0.25) is 5.91 Å². The first-order chi connectivity index (χ1) is 9.15. The van der Waals surface area contributed by atoms with Crippen LogP contribution in [0.15, 0.2) is 0 Å². The van der Waals surface area contributed by atoms with Gasteiger partial charge in [0.1, 0.15) is 6.10 Å². The number of likely N-dealkylation sites (tertiary alicyclic amines) is 1. The number of hydrogen-bond donors (Lipinski definition) is 1. The van der Waals surface area contributed by atoms with Crippen LogP contribution >= 0.6 is 0 Å². The molecular weight excluding hydrogens is 240 g/mol. The molecule has 1 N–H and O–H groups in total. The van der Waals surface area contributed by atoms with Crippen molar-refractivity contribution in [3.63, 3.8) is 0 Å². The van der Waals surface area contributed by atoms with Gasteiger partial charge in [-0.15, -0.1) is 0 Å². The Morgan fingerprint density at radius 2 is 2.00 bits per heavy atom. The molecule has 1 saturated carbocycles. The maximum atomic E-state index is 11.9. The standard InChI is InChI=1S/C15H28N2O2/c1-12(10-17-7-3-4-8-17)9-16-15(18)13(2)19-11-14-5-6-14/h12-14H,3-11H2,1-2H3,(H,16,18). The number of rotatable bonds is 8. The Kier molecular flexibility index (Phi) is 5.64. The van der Waals surface area contributed by atoms with Gasteiger partial charge in [0, 0.05) is 13.1 Å². The average molecular weight is 268 g/mol. The number of ether oxygens (including phenoxy) is 1. The summed E-state index contributed by atoms with van der Waals surface area (Å²) in [7, 11) is 0. The molecule has 19 heavy (non-hydrogen) atoms. The van der Waals surface area contributed by atoms with Crippen molar-refractivity contribution in [3.8, 4) is 0 Å². The highest BCUT2D eigenvalue weighted by Crippen LogP contribution is 2.29. The summed E-state index contributed by atoms with van der Waals surface area (Å²) in [5.41, 5.74) is 0. The van der Waals surface area contributed by atoms with E-state index in [1.165, 1.54) is 38.8 Å². The van der Waals surface area contributed by atoms with Crippen LogP contribution in [0.5, 0.6) is 0 Å². The van der Waals surface area contributed by atoms with Crippen molar-refractivity contribution in [2.24, 2.45) is 11.8 Å². The summed E-state index contributed by atoms with van der Waals surface area (Å²) < 4.78 is 5.57. The molecule has 2 atom stereocenters. The third kappa shape index (κ3) is 5.49. The summed E-state index contributed by atoms with van der Waals surface area (Å²) in [6, 6.07) is 0. The fourth-order valence-corrected chi connectivity index (χ4v) is 2.53. The minimum absolute atomic E-state index is 0.0360. The number of carbonyl (C=O) groups excluding carboxylic acids is 1. The van der Waals surface area contributed by atoms with E-state index in [9.17, 15) is 4.79 Å². The van der Waals surface area contributed by atoms with Crippen LogP contribution in [0.25, 0.3) is 0 Å². The van der Waals surface area contributed by atoms with E-state index in [1.54, 1.807) is 0 Å². The fraction of sp³-hybridized carbons (Fsp3) is 0.933. The SMILES string of the molecule is CC(CNC(=O)C(C)OCC1CC1)CN1CCCC1. The Morgan fingerprint density at radius 1 is 1.32 bits per heavy atom. The van der Waals surface area contributed by atoms with Crippen LogP contribution in [0, 0.1) is 11.8 Å². The fourth-order valence-electron chi connectivity index (χ4n) is 2.53. The van der Waals surface area contributed by atoms with E-state index in [4.69, 9.17) is 4.74 Å². The van der Waals surface area contributed by atoms with Gasteiger partial charge in [0.25, 0.3) is 0 Å². The first kappa shape index (κ1) is 14.8. The molecule has 2 aliphatic rings. The van der Waals surface area contributed by atoms with Crippen LogP contribution in [0.1, 0.15) is 39.5 Å². The van der Waals surface area contributed by atoms with Crippen LogP contribution in [0.3, 0.4) is 0 Å². The molecule has 0 spiro atoms. The number of hydrogen-bond acceptors (Lipinski definition) is 3. The predicted molar refractivity (Wildman–Crippen MR) is 76.0 cm³/mol. The zero-order chi connectivity index (χ0) is 13.7. The van der Waals surface area contributed by atoms with Crippen LogP contribution in [-0.4, -0.2) is 49.7 Å². The lowest BCUT2D eigenvalue weighted by atomic mass is 10.1. The average Bonchev–Trinajstić information content (AvgIpc) is 3.10. The molecule has 2 rings (SSSR count). The predicted octanol–water partition coefficient (Wildman–Crippen LogP) is 1.65. The van der Waals surface area contributed by atoms with Crippen molar-refractivity contribution in [2.75, 3.05) is 32.8 Å². The summed E-state index contributed by atoms with van der Waals surface area (Å²) in [5, 5.41) is 3.01. The van der Waals surface area contributed by atoms with Gasteiger partial charge < -0.3 is 15.0 Å². The Hall–Kier alpha value is -0.610. The first-order valence-electron chi connectivity index (χ1n) is 7.77. The first-order valence-corrected chi connectivity index (χ1v) is 7.77. The lowest BCUT2D eigenvalue weighted by molar-refractivity contribution is -0.132. The number of amides is 1. The van der Waals surface area contributed by atoms with E-state index in [0.29, 0.717) is 11.8 Å². The Bertz CT molecular complexity index is 286. The quantitative estimate of drug-likeness (QED) is 0.728. The van der Waals surface area contributed by atoms with Gasteiger partial charge in [-0.2, -0.15) is 0 Å². The van der Waals surface area contributed by atoms with Crippen molar-refractivity contribution >= 4 is 5.91 Å². The summed E-state index contributed by atoms with van der Waals surface area (Å²) in [6.07, 6.45) is 4.87. The van der Waals surface area contributed by atoms with Crippen molar-refractivity contribution < 1.29 is 9.53 Å². The molecule has 2 unspecified atom stereocenters. The molecule has 1 aliphatic carbocycles. The van der Waals surface area contributed by atoms with Gasteiger partial charge in [0.15, 0.2) is 0 Å². The van der Waals surface area contributed by atoms with Gasteiger partial charge in [-0.25, -0.2) is 0 Å². The number of carbonyl (C=O) groups is 1. The maximum Gasteiger partial charge on any atom is 0.248 e. The molecule has 0 bridgehead atoms. The molecule has 4 heteroatoms. The Morgan fingerprint density at radius 3 is 2.63 bits per heavy atom. The van der Waals surface area contributed by atoms with E-state index in [2.05, 4.69) is 17.1 Å². The normalized spacial score (nSPS) is 23.3. The van der Waals surface area contributed by atoms with Crippen molar-refractivity contribution in [1.29, 1.82) is 0 Å². The van der Waals surface area contributed by atoms with Crippen molar-refractivity contribution in [2.45, 2.75) is 45.6 Å². The minimum Gasteiger partial charge on any atom is -0.368 e. The van der Waals surface area contributed by atoms with Crippen molar-refractivity contribution in [1.82, 2.24) is 10.2 Å². The molecule has 0 aromatic carbocycles. The summed E-state index contributed by atoms with van der Waals surface area (Å²) in [6.45, 7) is 9.09. The molecule has 1 aliphatic heterocycles. The number of nitrogens with zero attached hydrogens (tertiary/aromatic N) is 1. The van der Waals surface area contributed by atoms with Crippen LogP contribution in [-0.2, 0) is 9.53 Å². The highest BCUT2D eigenvalue weighted by molar-refractivity contribution is 5.80.